The highest BCUT2D eigenvalue weighted by Gasteiger charge is 2.20. The van der Waals surface area contributed by atoms with E-state index < -0.39 is 29.3 Å². The van der Waals surface area contributed by atoms with Gasteiger partial charge >= 0.3 is 5.97 Å². The zero-order chi connectivity index (χ0) is 17.7. The number of carbonyl (C=O) groups is 1. The number of ether oxygens (including phenoxy) is 1. The molecule has 1 heterocycles. The summed E-state index contributed by atoms with van der Waals surface area (Å²) in [5.41, 5.74) is 0.777. The predicted molar refractivity (Wildman–Crippen MR) is 87.4 cm³/mol. The van der Waals surface area contributed by atoms with Crippen molar-refractivity contribution in [3.63, 3.8) is 0 Å². The number of carboxylic acids is 1. The standard InChI is InChI=1S/C17H17F2NO3S/c1-3-24-16-11(5-4-6-20-16)9-23-15-13(18)7-12(8-14(15)19)10(2)17(21)22/h4-8,10H,3,9H2,1-2H3,(H,21,22). The van der Waals surface area contributed by atoms with Crippen LogP contribution in [0.5, 0.6) is 5.75 Å². The molecule has 24 heavy (non-hydrogen) atoms. The van der Waals surface area contributed by atoms with Gasteiger partial charge in [-0.3, -0.25) is 4.79 Å². The van der Waals surface area contributed by atoms with E-state index in [4.69, 9.17) is 9.84 Å². The van der Waals surface area contributed by atoms with Crippen molar-refractivity contribution in [2.75, 3.05) is 5.75 Å². The van der Waals surface area contributed by atoms with Crippen molar-refractivity contribution in [2.45, 2.75) is 31.4 Å². The summed E-state index contributed by atoms with van der Waals surface area (Å²) in [5, 5.41) is 9.68. The summed E-state index contributed by atoms with van der Waals surface area (Å²) >= 11 is 1.51. The number of benzene rings is 1. The van der Waals surface area contributed by atoms with Gasteiger partial charge < -0.3 is 9.84 Å². The van der Waals surface area contributed by atoms with Crippen LogP contribution in [-0.4, -0.2) is 21.8 Å². The number of rotatable bonds is 7. The molecule has 0 bridgehead atoms. The molecule has 1 atom stereocenters. The Morgan fingerprint density at radius 3 is 2.62 bits per heavy atom. The first-order chi connectivity index (χ1) is 11.4. The molecule has 1 aromatic carbocycles. The number of aromatic nitrogens is 1. The Hall–Kier alpha value is -2.15. The Kier molecular flexibility index (Phi) is 6.14. The van der Waals surface area contributed by atoms with E-state index in [0.717, 1.165) is 28.5 Å². The van der Waals surface area contributed by atoms with Gasteiger partial charge in [0.15, 0.2) is 17.4 Å². The molecular weight excluding hydrogens is 336 g/mol. The fraction of sp³-hybridized carbons (Fsp3) is 0.294. The van der Waals surface area contributed by atoms with Crippen LogP contribution in [0, 0.1) is 11.6 Å². The fourth-order valence-corrected chi connectivity index (χ4v) is 2.78. The Morgan fingerprint density at radius 1 is 1.38 bits per heavy atom. The Morgan fingerprint density at radius 2 is 2.04 bits per heavy atom. The quantitative estimate of drug-likeness (QED) is 0.755. The monoisotopic (exact) mass is 353 g/mol. The van der Waals surface area contributed by atoms with Crippen LogP contribution in [-0.2, 0) is 11.4 Å². The molecule has 0 aliphatic rings. The van der Waals surface area contributed by atoms with Gasteiger partial charge in [-0.05, 0) is 36.4 Å². The summed E-state index contributed by atoms with van der Waals surface area (Å²) in [6.07, 6.45) is 1.64. The topological polar surface area (TPSA) is 59.4 Å². The zero-order valence-electron chi connectivity index (χ0n) is 13.3. The van der Waals surface area contributed by atoms with Crippen LogP contribution in [0.3, 0.4) is 0 Å². The van der Waals surface area contributed by atoms with Gasteiger partial charge in [0.25, 0.3) is 0 Å². The van der Waals surface area contributed by atoms with Crippen molar-refractivity contribution >= 4 is 17.7 Å². The molecule has 0 aliphatic carbocycles. The Labute approximate surface area is 142 Å². The number of hydrogen-bond donors (Lipinski definition) is 1. The van der Waals surface area contributed by atoms with Crippen LogP contribution in [0.25, 0.3) is 0 Å². The number of hydrogen-bond acceptors (Lipinski definition) is 4. The summed E-state index contributed by atoms with van der Waals surface area (Å²) in [6.45, 7) is 3.31. The van der Waals surface area contributed by atoms with E-state index in [0.29, 0.717) is 0 Å². The van der Waals surface area contributed by atoms with E-state index in [9.17, 15) is 13.6 Å². The van der Waals surface area contributed by atoms with E-state index in [2.05, 4.69) is 4.98 Å². The lowest BCUT2D eigenvalue weighted by Gasteiger charge is -2.13. The number of pyridine rings is 1. The van der Waals surface area contributed by atoms with E-state index in [-0.39, 0.29) is 12.2 Å². The fourth-order valence-electron chi connectivity index (χ4n) is 2.06. The molecular formula is C17H17F2NO3S. The highest BCUT2D eigenvalue weighted by atomic mass is 32.2. The summed E-state index contributed by atoms with van der Waals surface area (Å²) in [5.74, 6) is -3.71. The smallest absolute Gasteiger partial charge is 0.310 e. The van der Waals surface area contributed by atoms with Crippen molar-refractivity contribution in [1.82, 2.24) is 4.98 Å². The SMILES string of the molecule is CCSc1ncccc1COc1c(F)cc(C(C)C(=O)O)cc1F. The Bertz CT molecular complexity index is 717. The maximum Gasteiger partial charge on any atom is 0.310 e. The molecule has 0 spiro atoms. The molecule has 7 heteroatoms. The lowest BCUT2D eigenvalue weighted by atomic mass is 10.0. The van der Waals surface area contributed by atoms with Gasteiger partial charge in [-0.25, -0.2) is 13.8 Å². The molecule has 0 aliphatic heterocycles. The van der Waals surface area contributed by atoms with E-state index in [1.165, 1.54) is 18.7 Å². The molecule has 0 fully saturated rings. The molecule has 1 unspecified atom stereocenters. The van der Waals surface area contributed by atoms with Crippen LogP contribution in [0.1, 0.15) is 30.9 Å². The summed E-state index contributed by atoms with van der Waals surface area (Å²) < 4.78 is 33.5. The van der Waals surface area contributed by atoms with Gasteiger partial charge in [0, 0.05) is 11.8 Å². The molecule has 2 aromatic rings. The van der Waals surface area contributed by atoms with E-state index in [1.807, 2.05) is 6.92 Å². The third-order valence-corrected chi connectivity index (χ3v) is 4.32. The first kappa shape index (κ1) is 18.2. The number of aliphatic carboxylic acids is 1. The maximum atomic E-state index is 14.1. The number of nitrogens with zero attached hydrogens (tertiary/aromatic N) is 1. The minimum Gasteiger partial charge on any atom is -0.483 e. The summed E-state index contributed by atoms with van der Waals surface area (Å²) in [6, 6.07) is 5.48. The van der Waals surface area contributed by atoms with Crippen LogP contribution < -0.4 is 4.74 Å². The molecule has 128 valence electrons. The maximum absolute atomic E-state index is 14.1. The summed E-state index contributed by atoms with van der Waals surface area (Å²) in [7, 11) is 0. The number of carboxylic acid groups (broad SMARTS) is 1. The van der Waals surface area contributed by atoms with Gasteiger partial charge in [0.05, 0.1) is 5.92 Å². The van der Waals surface area contributed by atoms with Crippen molar-refractivity contribution < 1.29 is 23.4 Å². The van der Waals surface area contributed by atoms with Crippen molar-refractivity contribution in [3.8, 4) is 5.75 Å². The molecule has 0 amide bonds. The molecule has 1 aromatic heterocycles. The largest absolute Gasteiger partial charge is 0.483 e. The van der Waals surface area contributed by atoms with E-state index >= 15 is 0 Å². The predicted octanol–water partition coefficient (Wildman–Crippen LogP) is 4.24. The van der Waals surface area contributed by atoms with Crippen LogP contribution in [0.2, 0.25) is 0 Å². The van der Waals surface area contributed by atoms with Crippen molar-refractivity contribution in [3.05, 3.63) is 53.2 Å². The minimum absolute atomic E-state index is 0.0299. The highest BCUT2D eigenvalue weighted by molar-refractivity contribution is 7.99. The van der Waals surface area contributed by atoms with Crippen LogP contribution >= 0.6 is 11.8 Å². The minimum atomic E-state index is -1.15. The normalized spacial score (nSPS) is 12.0. The average Bonchev–Trinajstić information content (AvgIpc) is 2.54. The number of thioether (sulfide) groups is 1. The van der Waals surface area contributed by atoms with Crippen molar-refractivity contribution in [2.24, 2.45) is 0 Å². The second-order valence-corrected chi connectivity index (χ2v) is 6.32. The number of halogens is 2. The summed E-state index contributed by atoms with van der Waals surface area (Å²) in [4.78, 5) is 15.1. The van der Waals surface area contributed by atoms with Gasteiger partial charge in [0.2, 0.25) is 0 Å². The van der Waals surface area contributed by atoms with Crippen molar-refractivity contribution in [1.29, 1.82) is 0 Å². The lowest BCUT2D eigenvalue weighted by Crippen LogP contribution is -2.09. The third kappa shape index (κ3) is 4.23. The first-order valence-electron chi connectivity index (χ1n) is 7.35. The van der Waals surface area contributed by atoms with Gasteiger partial charge in [-0.1, -0.05) is 13.0 Å². The van der Waals surface area contributed by atoms with Crippen LogP contribution in [0.15, 0.2) is 35.5 Å². The van der Waals surface area contributed by atoms with Gasteiger partial charge in [-0.2, -0.15) is 0 Å². The van der Waals surface area contributed by atoms with Crippen LogP contribution in [0.4, 0.5) is 8.78 Å². The molecule has 4 nitrogen and oxygen atoms in total. The van der Waals surface area contributed by atoms with E-state index in [1.54, 1.807) is 18.3 Å². The lowest BCUT2D eigenvalue weighted by molar-refractivity contribution is -0.138. The Balaban J connectivity index is 2.21. The second kappa shape index (κ2) is 8.10. The second-order valence-electron chi connectivity index (χ2n) is 5.06. The highest BCUT2D eigenvalue weighted by Crippen LogP contribution is 2.29. The molecule has 0 saturated heterocycles. The van der Waals surface area contributed by atoms with Gasteiger partial charge in [-0.15, -0.1) is 11.8 Å². The molecule has 0 saturated carbocycles. The molecule has 2 rings (SSSR count). The average molecular weight is 353 g/mol. The third-order valence-electron chi connectivity index (χ3n) is 3.39. The molecule has 0 radical (unpaired) electrons. The molecule has 1 N–H and O–H groups in total. The van der Waals surface area contributed by atoms with Gasteiger partial charge in [0.1, 0.15) is 11.6 Å². The zero-order valence-corrected chi connectivity index (χ0v) is 14.1. The first-order valence-corrected chi connectivity index (χ1v) is 8.33.